The van der Waals surface area contributed by atoms with Gasteiger partial charge in [-0.25, -0.2) is 14.4 Å². The highest BCUT2D eigenvalue weighted by Gasteiger charge is 2.51. The molecule has 8 nitrogen and oxygen atoms in total. The summed E-state index contributed by atoms with van der Waals surface area (Å²) >= 11 is 1.25. The van der Waals surface area contributed by atoms with Gasteiger partial charge in [0.05, 0.1) is 12.6 Å². The van der Waals surface area contributed by atoms with Gasteiger partial charge in [0.2, 0.25) is 5.88 Å². The third-order valence-corrected chi connectivity index (χ3v) is 8.78. The number of halogens is 4. The minimum Gasteiger partial charge on any atom is -0.481 e. The second kappa shape index (κ2) is 10.4. The predicted octanol–water partition coefficient (Wildman–Crippen LogP) is 4.60. The van der Waals surface area contributed by atoms with Gasteiger partial charge in [-0.15, -0.1) is 0 Å². The first-order valence-electron chi connectivity index (χ1n) is 11.8. The number of aromatic nitrogens is 1. The number of aliphatic imine (C=N–C) groups is 1. The summed E-state index contributed by atoms with van der Waals surface area (Å²) < 4.78 is 87.7. The molecule has 1 aliphatic heterocycles. The van der Waals surface area contributed by atoms with E-state index in [-0.39, 0.29) is 23.0 Å². The number of amides is 1. The summed E-state index contributed by atoms with van der Waals surface area (Å²) in [4.78, 5) is 21.9. The van der Waals surface area contributed by atoms with E-state index in [1.807, 2.05) is 0 Å². The first-order chi connectivity index (χ1) is 18.9. The molecule has 2 atom stereocenters. The molecular formula is C26H21F4N3O5S2. The van der Waals surface area contributed by atoms with Crippen molar-refractivity contribution in [3.8, 4) is 11.6 Å². The van der Waals surface area contributed by atoms with Gasteiger partial charge >= 0.3 is 15.6 Å². The monoisotopic (exact) mass is 595 g/mol. The van der Waals surface area contributed by atoms with E-state index < -0.39 is 44.6 Å². The molecule has 0 spiro atoms. The zero-order chi connectivity index (χ0) is 28.7. The Balaban J connectivity index is 1.64. The van der Waals surface area contributed by atoms with Crippen LogP contribution in [0.2, 0.25) is 0 Å². The highest BCUT2D eigenvalue weighted by atomic mass is 32.2. The van der Waals surface area contributed by atoms with Crippen LogP contribution in [0, 0.1) is 11.7 Å². The smallest absolute Gasteiger partial charge is 0.481 e. The Bertz CT molecular complexity index is 1600. The van der Waals surface area contributed by atoms with Crippen molar-refractivity contribution >= 4 is 33.0 Å². The molecule has 0 saturated carbocycles. The number of nitrogens with one attached hydrogen (secondary N) is 1. The van der Waals surface area contributed by atoms with E-state index in [1.165, 1.54) is 18.9 Å². The minimum absolute atomic E-state index is 0.0156. The third-order valence-electron chi connectivity index (χ3n) is 6.77. The van der Waals surface area contributed by atoms with Gasteiger partial charge in [-0.2, -0.15) is 21.6 Å². The van der Waals surface area contributed by atoms with Gasteiger partial charge in [-0.1, -0.05) is 30.0 Å². The van der Waals surface area contributed by atoms with Crippen molar-refractivity contribution in [1.82, 2.24) is 10.3 Å². The summed E-state index contributed by atoms with van der Waals surface area (Å²) in [6, 6.07) is 12.7. The van der Waals surface area contributed by atoms with Gasteiger partial charge in [0.25, 0.3) is 5.91 Å². The van der Waals surface area contributed by atoms with E-state index in [0.29, 0.717) is 23.3 Å². The Morgan fingerprint density at radius 2 is 1.90 bits per heavy atom. The molecule has 0 unspecified atom stereocenters. The molecule has 2 aliphatic rings. The van der Waals surface area contributed by atoms with Crippen LogP contribution < -0.4 is 14.2 Å². The lowest BCUT2D eigenvalue weighted by atomic mass is 9.67. The Hall–Kier alpha value is -3.65. The third kappa shape index (κ3) is 5.12. The first kappa shape index (κ1) is 27.9. The van der Waals surface area contributed by atoms with Crippen molar-refractivity contribution in [3.63, 3.8) is 0 Å². The second-order valence-electron chi connectivity index (χ2n) is 9.13. The molecule has 1 aromatic heterocycles. The van der Waals surface area contributed by atoms with E-state index in [1.54, 1.807) is 42.6 Å². The van der Waals surface area contributed by atoms with Gasteiger partial charge < -0.3 is 14.2 Å². The fraction of sp³-hybridized carbons (Fsp3) is 0.269. The van der Waals surface area contributed by atoms with Gasteiger partial charge in [-0.3, -0.25) is 4.79 Å². The molecule has 1 amide bonds. The molecule has 0 saturated heterocycles. The van der Waals surface area contributed by atoms with Crippen molar-refractivity contribution in [3.05, 3.63) is 88.9 Å². The number of methoxy groups -OCH3 is 1. The Kier molecular flexibility index (Phi) is 7.25. The van der Waals surface area contributed by atoms with Crippen LogP contribution in [0.15, 0.2) is 65.8 Å². The van der Waals surface area contributed by atoms with Gasteiger partial charge in [0.1, 0.15) is 11.6 Å². The van der Waals surface area contributed by atoms with Gasteiger partial charge in [-0.05, 0) is 48.4 Å². The quantitative estimate of drug-likeness (QED) is 0.261. The van der Waals surface area contributed by atoms with Crippen LogP contribution in [0.4, 0.5) is 17.6 Å². The first-order valence-corrected chi connectivity index (χ1v) is 14.2. The number of hydrogen-bond acceptors (Lipinski definition) is 8. The van der Waals surface area contributed by atoms with E-state index in [0.717, 1.165) is 23.8 Å². The maximum absolute atomic E-state index is 15.6. The minimum atomic E-state index is -6.01. The maximum atomic E-state index is 15.6. The zero-order valence-electron chi connectivity index (χ0n) is 20.7. The van der Waals surface area contributed by atoms with Crippen molar-refractivity contribution < 1.29 is 39.7 Å². The van der Waals surface area contributed by atoms with E-state index in [4.69, 9.17) is 9.73 Å². The maximum Gasteiger partial charge on any atom is 0.534 e. The SMILES string of the molecule is COc1nccc2c1C[C@]1(c3cc(OS(=O)(=O)C(F)(F)F)ccc3F)N=C(NC(=O)c3ccccc3)SC[C@@H]1C2. The van der Waals surface area contributed by atoms with Crippen LogP contribution in [0.1, 0.15) is 27.0 Å². The fourth-order valence-electron chi connectivity index (χ4n) is 4.90. The standard InChI is InChI=1S/C26H21F4N3O5S2/c1-37-23-19-13-25(20-12-18(7-8-21(20)27)38-40(35,36)26(28,29)30)17(11-16(19)9-10-31-23)14-39-24(33-25)32-22(34)15-5-3-2-4-6-15/h2-10,12,17H,11,13-14H2,1H3,(H,32,33,34)/t17-,25-/m0/s1. The van der Waals surface area contributed by atoms with Crippen LogP contribution in [0.3, 0.4) is 0 Å². The van der Waals surface area contributed by atoms with Gasteiger partial charge in [0, 0.05) is 41.0 Å². The van der Waals surface area contributed by atoms with Crippen LogP contribution in [0.25, 0.3) is 0 Å². The van der Waals surface area contributed by atoms with Crippen molar-refractivity contribution in [2.24, 2.45) is 10.9 Å². The number of alkyl halides is 3. The number of rotatable bonds is 5. The molecule has 5 rings (SSSR count). The average Bonchev–Trinajstić information content (AvgIpc) is 2.92. The fourth-order valence-corrected chi connectivity index (χ4v) is 6.49. The molecule has 2 aromatic carbocycles. The number of ether oxygens (including phenoxy) is 1. The number of benzene rings is 2. The molecule has 3 aromatic rings. The molecule has 40 heavy (non-hydrogen) atoms. The molecule has 1 N–H and O–H groups in total. The van der Waals surface area contributed by atoms with Crippen LogP contribution in [-0.2, 0) is 28.5 Å². The summed E-state index contributed by atoms with van der Waals surface area (Å²) in [6.07, 6.45) is 1.98. The number of hydrogen-bond donors (Lipinski definition) is 1. The molecule has 2 heterocycles. The lowest BCUT2D eigenvalue weighted by Crippen LogP contribution is -2.48. The van der Waals surface area contributed by atoms with E-state index >= 15 is 4.39 Å². The summed E-state index contributed by atoms with van der Waals surface area (Å²) in [5.41, 5.74) is -5.47. The Morgan fingerprint density at radius 3 is 2.60 bits per heavy atom. The number of nitrogens with zero attached hydrogens (tertiary/aromatic N) is 2. The molecule has 1 aliphatic carbocycles. The molecule has 0 bridgehead atoms. The highest BCUT2D eigenvalue weighted by molar-refractivity contribution is 8.13. The Morgan fingerprint density at radius 1 is 1.15 bits per heavy atom. The van der Waals surface area contributed by atoms with Crippen LogP contribution >= 0.6 is 11.8 Å². The van der Waals surface area contributed by atoms with Gasteiger partial charge in [0.15, 0.2) is 5.17 Å². The summed E-state index contributed by atoms with van der Waals surface area (Å²) in [6.45, 7) is 0. The number of pyridine rings is 1. The molecule has 0 radical (unpaired) electrons. The highest BCUT2D eigenvalue weighted by Crippen LogP contribution is 2.50. The van der Waals surface area contributed by atoms with Crippen molar-refractivity contribution in [2.45, 2.75) is 23.9 Å². The van der Waals surface area contributed by atoms with Crippen molar-refractivity contribution in [1.29, 1.82) is 0 Å². The lowest BCUT2D eigenvalue weighted by molar-refractivity contribution is -0.0500. The number of amidine groups is 1. The number of carbonyl (C=O) groups excluding carboxylic acids is 1. The molecule has 210 valence electrons. The molecule has 14 heteroatoms. The predicted molar refractivity (Wildman–Crippen MR) is 139 cm³/mol. The van der Waals surface area contributed by atoms with E-state index in [9.17, 15) is 26.4 Å². The van der Waals surface area contributed by atoms with E-state index in [2.05, 4.69) is 14.5 Å². The second-order valence-corrected chi connectivity index (χ2v) is 11.7. The summed E-state index contributed by atoms with van der Waals surface area (Å²) in [7, 11) is -4.59. The normalized spacial score (nSPS) is 20.5. The van der Waals surface area contributed by atoms with Crippen LogP contribution in [0.5, 0.6) is 11.6 Å². The number of fused-ring (bicyclic) bond motifs is 2. The average molecular weight is 596 g/mol. The lowest BCUT2D eigenvalue weighted by Gasteiger charge is -2.45. The van der Waals surface area contributed by atoms with Crippen LogP contribution in [-0.4, -0.2) is 42.8 Å². The largest absolute Gasteiger partial charge is 0.534 e. The number of carbonyl (C=O) groups is 1. The zero-order valence-corrected chi connectivity index (χ0v) is 22.4. The summed E-state index contributed by atoms with van der Waals surface area (Å²) in [5.74, 6) is -1.77. The van der Waals surface area contributed by atoms with Crippen molar-refractivity contribution in [2.75, 3.05) is 12.9 Å². The molecular weight excluding hydrogens is 574 g/mol. The number of thioether (sulfide) groups is 1. The summed E-state index contributed by atoms with van der Waals surface area (Å²) in [5, 5.41) is 2.91. The Labute approximate surface area is 230 Å². The molecule has 0 fully saturated rings. The topological polar surface area (TPSA) is 107 Å².